The number of nitrogens with zero attached hydrogens (tertiary/aromatic N) is 1. The first-order valence-corrected chi connectivity index (χ1v) is 11.6. The number of fused-ring (bicyclic) bond motifs is 1. The molecule has 2 heterocycles. The van der Waals surface area contributed by atoms with Gasteiger partial charge in [0.05, 0.1) is 12.8 Å². The predicted octanol–water partition coefficient (Wildman–Crippen LogP) is 3.90. The van der Waals surface area contributed by atoms with Crippen molar-refractivity contribution in [1.82, 2.24) is 4.90 Å². The van der Waals surface area contributed by atoms with Crippen LogP contribution in [0.3, 0.4) is 0 Å². The lowest BCUT2D eigenvalue weighted by molar-refractivity contribution is 0.0735. The monoisotopic (exact) mass is 446 g/mol. The van der Waals surface area contributed by atoms with Crippen molar-refractivity contribution in [1.29, 1.82) is 0 Å². The molecule has 0 radical (unpaired) electrons. The third kappa shape index (κ3) is 3.90. The Bertz CT molecular complexity index is 1210. The van der Waals surface area contributed by atoms with E-state index in [1.54, 1.807) is 34.4 Å². The van der Waals surface area contributed by atoms with Crippen LogP contribution >= 0.6 is 11.3 Å². The molecule has 30 heavy (non-hydrogen) atoms. The van der Waals surface area contributed by atoms with Crippen molar-refractivity contribution >= 4 is 33.0 Å². The third-order valence-electron chi connectivity index (χ3n) is 4.91. The molecule has 0 aliphatic carbocycles. The van der Waals surface area contributed by atoms with Crippen molar-refractivity contribution in [2.75, 3.05) is 18.4 Å². The minimum Gasteiger partial charge on any atom is -0.495 e. The number of thiophene rings is 1. The Hall–Kier alpha value is -2.91. The SMILES string of the molecule is COc1ccccc1NS(=O)(=O)c1cc(C(=O)N2CCc3sccc3C2)ccc1F. The maximum absolute atomic E-state index is 14.4. The van der Waals surface area contributed by atoms with Crippen molar-refractivity contribution in [2.45, 2.75) is 17.9 Å². The van der Waals surface area contributed by atoms with Crippen molar-refractivity contribution in [3.63, 3.8) is 0 Å². The molecule has 6 nitrogen and oxygen atoms in total. The van der Waals surface area contributed by atoms with Crippen LogP contribution in [0.15, 0.2) is 58.8 Å². The second kappa shape index (κ2) is 8.08. The zero-order valence-electron chi connectivity index (χ0n) is 16.1. The predicted molar refractivity (Wildman–Crippen MR) is 113 cm³/mol. The Balaban J connectivity index is 1.62. The molecule has 1 amide bonds. The normalized spacial score (nSPS) is 13.6. The molecule has 0 unspecified atom stereocenters. The van der Waals surface area contributed by atoms with Gasteiger partial charge >= 0.3 is 0 Å². The zero-order valence-corrected chi connectivity index (χ0v) is 17.7. The number of carbonyl (C=O) groups is 1. The lowest BCUT2D eigenvalue weighted by Gasteiger charge is -2.27. The fraction of sp³-hybridized carbons (Fsp3) is 0.190. The molecule has 1 aliphatic rings. The number of hydrogen-bond acceptors (Lipinski definition) is 5. The highest BCUT2D eigenvalue weighted by Crippen LogP contribution is 2.29. The molecule has 1 aromatic heterocycles. The minimum absolute atomic E-state index is 0.121. The van der Waals surface area contributed by atoms with E-state index in [2.05, 4.69) is 4.72 Å². The number of halogens is 1. The number of methoxy groups -OCH3 is 1. The smallest absolute Gasteiger partial charge is 0.264 e. The van der Waals surface area contributed by atoms with Gasteiger partial charge in [0.2, 0.25) is 0 Å². The van der Waals surface area contributed by atoms with Crippen LogP contribution in [0.25, 0.3) is 0 Å². The van der Waals surface area contributed by atoms with E-state index in [1.165, 1.54) is 24.1 Å². The number of amides is 1. The van der Waals surface area contributed by atoms with Gasteiger partial charge < -0.3 is 9.64 Å². The number of nitrogens with one attached hydrogen (secondary N) is 1. The maximum Gasteiger partial charge on any atom is 0.264 e. The zero-order chi connectivity index (χ0) is 21.3. The molecule has 156 valence electrons. The van der Waals surface area contributed by atoms with Crippen LogP contribution in [-0.2, 0) is 23.0 Å². The van der Waals surface area contributed by atoms with Crippen LogP contribution < -0.4 is 9.46 Å². The number of ether oxygens (including phenoxy) is 1. The van der Waals surface area contributed by atoms with Crippen LogP contribution in [0.2, 0.25) is 0 Å². The Morgan fingerprint density at radius 2 is 2.00 bits per heavy atom. The summed E-state index contributed by atoms with van der Waals surface area (Å²) >= 11 is 1.66. The summed E-state index contributed by atoms with van der Waals surface area (Å²) in [5.74, 6) is -0.970. The molecule has 0 saturated carbocycles. The molecule has 0 saturated heterocycles. The number of sulfonamides is 1. The molecule has 1 N–H and O–H groups in total. The number of benzene rings is 2. The van der Waals surface area contributed by atoms with E-state index >= 15 is 0 Å². The van der Waals surface area contributed by atoms with Gasteiger partial charge in [-0.15, -0.1) is 11.3 Å². The van der Waals surface area contributed by atoms with E-state index in [0.717, 1.165) is 24.1 Å². The van der Waals surface area contributed by atoms with Crippen LogP contribution in [-0.4, -0.2) is 32.9 Å². The van der Waals surface area contributed by atoms with Gasteiger partial charge in [-0.05, 0) is 53.8 Å². The third-order valence-corrected chi connectivity index (χ3v) is 7.32. The number of rotatable bonds is 5. The van der Waals surface area contributed by atoms with Gasteiger partial charge in [0.15, 0.2) is 0 Å². The summed E-state index contributed by atoms with van der Waals surface area (Å²) in [5, 5.41) is 1.99. The van der Waals surface area contributed by atoms with Crippen LogP contribution in [0, 0.1) is 5.82 Å². The molecule has 9 heteroatoms. The van der Waals surface area contributed by atoms with Crippen molar-refractivity contribution < 1.29 is 22.3 Å². The van der Waals surface area contributed by atoms with Gasteiger partial charge in [0.1, 0.15) is 16.5 Å². The molecule has 4 rings (SSSR count). The first-order chi connectivity index (χ1) is 14.4. The van der Waals surface area contributed by atoms with Crippen molar-refractivity contribution in [3.8, 4) is 5.75 Å². The first-order valence-electron chi connectivity index (χ1n) is 9.19. The van der Waals surface area contributed by atoms with Gasteiger partial charge in [-0.2, -0.15) is 0 Å². The molecule has 2 aromatic carbocycles. The van der Waals surface area contributed by atoms with Crippen LogP contribution in [0.1, 0.15) is 20.8 Å². The highest BCUT2D eigenvalue weighted by atomic mass is 32.2. The number of para-hydroxylation sites is 2. The minimum atomic E-state index is -4.28. The maximum atomic E-state index is 14.4. The topological polar surface area (TPSA) is 75.7 Å². The summed E-state index contributed by atoms with van der Waals surface area (Å²) in [5.41, 5.74) is 1.39. The molecule has 1 aliphatic heterocycles. The summed E-state index contributed by atoms with van der Waals surface area (Å²) in [7, 11) is -2.87. The lowest BCUT2D eigenvalue weighted by atomic mass is 10.1. The first kappa shape index (κ1) is 20.4. The quantitative estimate of drug-likeness (QED) is 0.645. The van der Waals surface area contributed by atoms with E-state index < -0.39 is 20.7 Å². The van der Waals surface area contributed by atoms with Gasteiger partial charge in [-0.25, -0.2) is 12.8 Å². The van der Waals surface area contributed by atoms with Crippen molar-refractivity contribution in [2.24, 2.45) is 0 Å². The van der Waals surface area contributed by atoms with E-state index in [-0.39, 0.29) is 17.2 Å². The molecular weight excluding hydrogens is 427 g/mol. The molecule has 3 aromatic rings. The molecule has 0 spiro atoms. The van der Waals surface area contributed by atoms with E-state index in [1.807, 2.05) is 11.4 Å². The van der Waals surface area contributed by atoms with Crippen molar-refractivity contribution in [3.05, 3.63) is 75.7 Å². The summed E-state index contributed by atoms with van der Waals surface area (Å²) in [6, 6.07) is 11.8. The largest absolute Gasteiger partial charge is 0.495 e. The van der Waals surface area contributed by atoms with Gasteiger partial charge in [-0.1, -0.05) is 12.1 Å². The lowest BCUT2D eigenvalue weighted by Crippen LogP contribution is -2.35. The van der Waals surface area contributed by atoms with Gasteiger partial charge in [0.25, 0.3) is 15.9 Å². The fourth-order valence-electron chi connectivity index (χ4n) is 3.38. The Kier molecular flexibility index (Phi) is 5.48. The second-order valence-corrected chi connectivity index (χ2v) is 9.45. The van der Waals surface area contributed by atoms with E-state index in [0.29, 0.717) is 18.8 Å². The molecular formula is C21H19FN2O4S2. The number of anilines is 1. The highest BCUT2D eigenvalue weighted by Gasteiger charge is 2.26. The Morgan fingerprint density at radius 3 is 2.80 bits per heavy atom. The number of hydrogen-bond donors (Lipinski definition) is 1. The molecule has 0 fully saturated rings. The Labute approximate surface area is 178 Å². The summed E-state index contributed by atoms with van der Waals surface area (Å²) in [4.78, 5) is 15.3. The van der Waals surface area contributed by atoms with Gasteiger partial charge in [-0.3, -0.25) is 9.52 Å². The summed E-state index contributed by atoms with van der Waals surface area (Å²) in [6.45, 7) is 0.988. The standard InChI is InChI=1S/C21H19FN2O4S2/c1-28-18-5-3-2-4-17(18)23-30(26,27)20-12-14(6-7-16(20)22)21(25)24-10-8-19-15(13-24)9-11-29-19/h2-7,9,11-12,23H,8,10,13H2,1H3. The average molecular weight is 447 g/mol. The Morgan fingerprint density at radius 1 is 1.20 bits per heavy atom. The molecule has 0 bridgehead atoms. The van der Waals surface area contributed by atoms with E-state index in [4.69, 9.17) is 4.74 Å². The van der Waals surface area contributed by atoms with E-state index in [9.17, 15) is 17.6 Å². The van der Waals surface area contributed by atoms with Crippen LogP contribution in [0.4, 0.5) is 10.1 Å². The fourth-order valence-corrected chi connectivity index (χ4v) is 5.44. The highest BCUT2D eigenvalue weighted by molar-refractivity contribution is 7.92. The average Bonchev–Trinajstić information content (AvgIpc) is 3.21. The second-order valence-electron chi connectivity index (χ2n) is 6.80. The number of carbonyl (C=O) groups excluding carboxylic acids is 1. The van der Waals surface area contributed by atoms with Crippen LogP contribution in [0.5, 0.6) is 5.75 Å². The molecule has 0 atom stereocenters. The van der Waals surface area contributed by atoms with Gasteiger partial charge in [0, 0.05) is 23.5 Å². The summed E-state index contributed by atoms with van der Waals surface area (Å²) < 4.78 is 47.6. The summed E-state index contributed by atoms with van der Waals surface area (Å²) in [6.07, 6.45) is 0.750.